The first-order chi connectivity index (χ1) is 5.81. The Balaban J connectivity index is 2.74. The molecule has 0 aromatic carbocycles. The summed E-state index contributed by atoms with van der Waals surface area (Å²) in [5, 5.41) is 12.9. The van der Waals surface area contributed by atoms with Gasteiger partial charge in [0.15, 0.2) is 11.5 Å². The second kappa shape index (κ2) is 2.57. The van der Waals surface area contributed by atoms with Crippen LogP contribution in [0.1, 0.15) is 11.5 Å². The Labute approximate surface area is 69.5 Å². The van der Waals surface area contributed by atoms with Crippen molar-refractivity contribution in [1.29, 1.82) is 0 Å². The van der Waals surface area contributed by atoms with E-state index in [2.05, 4.69) is 10.1 Å². The minimum atomic E-state index is -0.110. The van der Waals surface area contributed by atoms with Gasteiger partial charge in [-0.2, -0.15) is 0 Å². The standard InChI is InChI=1S/C8H9N3O/c1-6-3-2-4-8-9-7(5-12)10-11(6)8/h2-4,12H,5H2,1H3. The highest BCUT2D eigenvalue weighted by Crippen LogP contribution is 2.04. The van der Waals surface area contributed by atoms with E-state index in [1.807, 2.05) is 25.1 Å². The van der Waals surface area contributed by atoms with Crippen molar-refractivity contribution in [3.8, 4) is 0 Å². The number of aliphatic hydroxyl groups is 1. The van der Waals surface area contributed by atoms with Crippen LogP contribution in [0.25, 0.3) is 5.65 Å². The lowest BCUT2D eigenvalue weighted by molar-refractivity contribution is 0.271. The Hall–Kier alpha value is -1.42. The summed E-state index contributed by atoms with van der Waals surface area (Å²) in [4.78, 5) is 4.09. The molecule has 0 amide bonds. The van der Waals surface area contributed by atoms with Crippen LogP contribution in [-0.4, -0.2) is 19.7 Å². The molecule has 12 heavy (non-hydrogen) atoms. The molecule has 0 unspecified atom stereocenters. The van der Waals surface area contributed by atoms with Gasteiger partial charge in [-0.15, -0.1) is 5.10 Å². The maximum atomic E-state index is 8.79. The van der Waals surface area contributed by atoms with Gasteiger partial charge in [0.2, 0.25) is 0 Å². The van der Waals surface area contributed by atoms with Crippen LogP contribution in [0.15, 0.2) is 18.2 Å². The summed E-state index contributed by atoms with van der Waals surface area (Å²) in [7, 11) is 0. The van der Waals surface area contributed by atoms with Crippen LogP contribution < -0.4 is 0 Å². The molecule has 0 aliphatic heterocycles. The molecule has 0 fully saturated rings. The molecule has 2 heterocycles. The van der Waals surface area contributed by atoms with Crippen molar-refractivity contribution in [2.45, 2.75) is 13.5 Å². The second-order valence-corrected chi connectivity index (χ2v) is 2.62. The molecule has 1 N–H and O–H groups in total. The fourth-order valence-electron chi connectivity index (χ4n) is 1.15. The lowest BCUT2D eigenvalue weighted by atomic mass is 10.4. The maximum absolute atomic E-state index is 8.79. The van der Waals surface area contributed by atoms with Crippen molar-refractivity contribution in [1.82, 2.24) is 14.6 Å². The Morgan fingerprint density at radius 2 is 2.33 bits per heavy atom. The van der Waals surface area contributed by atoms with Crippen LogP contribution in [0, 0.1) is 6.92 Å². The van der Waals surface area contributed by atoms with Gasteiger partial charge in [0, 0.05) is 5.69 Å². The Morgan fingerprint density at radius 3 is 3.00 bits per heavy atom. The number of pyridine rings is 1. The summed E-state index contributed by atoms with van der Waals surface area (Å²) < 4.78 is 1.71. The van der Waals surface area contributed by atoms with E-state index in [4.69, 9.17) is 5.11 Å². The first kappa shape index (κ1) is 7.24. The summed E-state index contributed by atoms with van der Waals surface area (Å²) in [5.74, 6) is 0.462. The van der Waals surface area contributed by atoms with E-state index >= 15 is 0 Å². The topological polar surface area (TPSA) is 50.4 Å². The third-order valence-electron chi connectivity index (χ3n) is 1.73. The third-order valence-corrected chi connectivity index (χ3v) is 1.73. The lowest BCUT2D eigenvalue weighted by Gasteiger charge is -1.93. The van der Waals surface area contributed by atoms with E-state index in [1.54, 1.807) is 4.52 Å². The number of aliphatic hydroxyl groups excluding tert-OH is 1. The molecule has 2 aromatic heterocycles. The molecule has 0 atom stereocenters. The molecule has 4 heteroatoms. The van der Waals surface area contributed by atoms with Crippen molar-refractivity contribution in [2.75, 3.05) is 0 Å². The van der Waals surface area contributed by atoms with Gasteiger partial charge in [-0.25, -0.2) is 9.50 Å². The van der Waals surface area contributed by atoms with Crippen LogP contribution in [0.5, 0.6) is 0 Å². The first-order valence-electron chi connectivity index (χ1n) is 3.73. The van der Waals surface area contributed by atoms with Gasteiger partial charge in [0.1, 0.15) is 6.61 Å². The molecule has 62 valence electrons. The van der Waals surface area contributed by atoms with Gasteiger partial charge in [-0.1, -0.05) is 6.07 Å². The summed E-state index contributed by atoms with van der Waals surface area (Å²) in [6, 6.07) is 5.72. The third kappa shape index (κ3) is 0.967. The van der Waals surface area contributed by atoms with Crippen molar-refractivity contribution in [3.63, 3.8) is 0 Å². The van der Waals surface area contributed by atoms with E-state index in [0.29, 0.717) is 5.82 Å². The van der Waals surface area contributed by atoms with Crippen molar-refractivity contribution in [2.24, 2.45) is 0 Å². The predicted octanol–water partition coefficient (Wildman–Crippen LogP) is 0.530. The number of rotatable bonds is 1. The minimum absolute atomic E-state index is 0.110. The summed E-state index contributed by atoms with van der Waals surface area (Å²) in [6.45, 7) is 1.84. The molecule has 4 nitrogen and oxygen atoms in total. The zero-order chi connectivity index (χ0) is 8.55. The van der Waals surface area contributed by atoms with Gasteiger partial charge in [0.05, 0.1) is 0 Å². The average molecular weight is 163 g/mol. The molecule has 2 rings (SSSR count). The molecular weight excluding hydrogens is 154 g/mol. The number of nitrogens with zero attached hydrogens (tertiary/aromatic N) is 3. The largest absolute Gasteiger partial charge is 0.388 e. The number of aromatic nitrogens is 3. The van der Waals surface area contributed by atoms with Crippen molar-refractivity contribution < 1.29 is 5.11 Å². The van der Waals surface area contributed by atoms with E-state index in [-0.39, 0.29) is 6.61 Å². The van der Waals surface area contributed by atoms with Crippen LogP contribution in [0.3, 0.4) is 0 Å². The molecule has 0 spiro atoms. The minimum Gasteiger partial charge on any atom is -0.388 e. The monoisotopic (exact) mass is 163 g/mol. The summed E-state index contributed by atoms with van der Waals surface area (Å²) in [6.07, 6.45) is 0. The molecule has 0 aliphatic carbocycles. The molecule has 0 saturated heterocycles. The van der Waals surface area contributed by atoms with E-state index in [1.165, 1.54) is 0 Å². The fraction of sp³-hybridized carbons (Fsp3) is 0.250. The zero-order valence-electron chi connectivity index (χ0n) is 6.73. The molecule has 0 saturated carbocycles. The first-order valence-corrected chi connectivity index (χ1v) is 3.73. The Bertz CT molecular complexity index is 408. The number of aryl methyl sites for hydroxylation is 1. The quantitative estimate of drug-likeness (QED) is 0.667. The molecule has 0 radical (unpaired) electrons. The molecule has 0 aliphatic rings. The summed E-state index contributed by atoms with van der Waals surface area (Å²) >= 11 is 0. The van der Waals surface area contributed by atoms with Gasteiger partial charge in [-0.05, 0) is 19.1 Å². The normalized spacial score (nSPS) is 10.8. The van der Waals surface area contributed by atoms with Crippen LogP contribution in [-0.2, 0) is 6.61 Å². The van der Waals surface area contributed by atoms with E-state index in [9.17, 15) is 0 Å². The molecule has 2 aromatic rings. The maximum Gasteiger partial charge on any atom is 0.177 e. The van der Waals surface area contributed by atoms with Crippen molar-refractivity contribution >= 4 is 5.65 Å². The molecular formula is C8H9N3O. The van der Waals surface area contributed by atoms with Crippen molar-refractivity contribution in [3.05, 3.63) is 29.7 Å². The average Bonchev–Trinajstić information content (AvgIpc) is 2.49. The highest BCUT2D eigenvalue weighted by molar-refractivity contribution is 5.38. The van der Waals surface area contributed by atoms with Gasteiger partial charge < -0.3 is 5.11 Å². The lowest BCUT2D eigenvalue weighted by Crippen LogP contribution is -1.92. The van der Waals surface area contributed by atoms with Gasteiger partial charge >= 0.3 is 0 Å². The number of fused-ring (bicyclic) bond motifs is 1. The SMILES string of the molecule is Cc1cccc2nc(CO)nn12. The predicted molar refractivity (Wildman–Crippen MR) is 43.6 cm³/mol. The Morgan fingerprint density at radius 1 is 1.50 bits per heavy atom. The number of hydrogen-bond acceptors (Lipinski definition) is 3. The van der Waals surface area contributed by atoms with Crippen LogP contribution in [0.2, 0.25) is 0 Å². The molecule has 0 bridgehead atoms. The van der Waals surface area contributed by atoms with E-state index < -0.39 is 0 Å². The van der Waals surface area contributed by atoms with Crippen LogP contribution in [0.4, 0.5) is 0 Å². The Kier molecular flexibility index (Phi) is 1.55. The highest BCUT2D eigenvalue weighted by Gasteiger charge is 2.01. The zero-order valence-corrected chi connectivity index (χ0v) is 6.73. The van der Waals surface area contributed by atoms with Gasteiger partial charge in [0.25, 0.3) is 0 Å². The smallest absolute Gasteiger partial charge is 0.177 e. The van der Waals surface area contributed by atoms with Crippen LogP contribution >= 0.6 is 0 Å². The second-order valence-electron chi connectivity index (χ2n) is 2.62. The summed E-state index contributed by atoms with van der Waals surface area (Å²) in [5.41, 5.74) is 1.79. The van der Waals surface area contributed by atoms with Gasteiger partial charge in [-0.3, -0.25) is 0 Å². The van der Waals surface area contributed by atoms with E-state index in [0.717, 1.165) is 11.3 Å². The highest BCUT2D eigenvalue weighted by atomic mass is 16.3. The number of hydrogen-bond donors (Lipinski definition) is 1. The fourth-order valence-corrected chi connectivity index (χ4v) is 1.15.